The maximum atomic E-state index is 13.2. The average Bonchev–Trinajstić information content (AvgIpc) is 3.16. The van der Waals surface area contributed by atoms with Crippen LogP contribution in [0.1, 0.15) is 24.8 Å². The summed E-state index contributed by atoms with van der Waals surface area (Å²) in [5, 5.41) is 2.36. The Kier molecular flexibility index (Phi) is 4.60. The van der Waals surface area contributed by atoms with E-state index in [1.807, 2.05) is 12.1 Å². The molecule has 0 bridgehead atoms. The minimum Gasteiger partial charge on any atom is -0.343 e. The van der Waals surface area contributed by atoms with E-state index in [0.29, 0.717) is 6.54 Å². The monoisotopic (exact) mass is 405 g/mol. The van der Waals surface area contributed by atoms with Crippen LogP contribution in [0.3, 0.4) is 0 Å². The SMILES string of the molecule is CN1C(=O)C2C(N=C(N3CCCCC3)N2Cc2cccc3ccccc23)N(C)C1=O. The lowest BCUT2D eigenvalue weighted by molar-refractivity contribution is -0.136. The molecule has 2 fully saturated rings. The first kappa shape index (κ1) is 18.9. The maximum Gasteiger partial charge on any atom is 0.328 e. The van der Waals surface area contributed by atoms with E-state index >= 15 is 0 Å². The van der Waals surface area contributed by atoms with Crippen LogP contribution in [0.25, 0.3) is 10.8 Å². The highest BCUT2D eigenvalue weighted by molar-refractivity contribution is 6.03. The maximum absolute atomic E-state index is 13.2. The lowest BCUT2D eigenvalue weighted by Gasteiger charge is -2.41. The molecule has 0 N–H and O–H groups in total. The lowest BCUT2D eigenvalue weighted by Crippen LogP contribution is -2.64. The molecule has 0 aromatic heterocycles. The quantitative estimate of drug-likeness (QED) is 0.771. The summed E-state index contributed by atoms with van der Waals surface area (Å²) in [6, 6.07) is 13.8. The van der Waals surface area contributed by atoms with Gasteiger partial charge in [-0.2, -0.15) is 0 Å². The predicted octanol–water partition coefficient (Wildman–Crippen LogP) is 2.72. The molecule has 2 saturated heterocycles. The number of benzene rings is 2. The second-order valence-corrected chi connectivity index (χ2v) is 8.39. The summed E-state index contributed by atoms with van der Waals surface area (Å²) < 4.78 is 0. The summed E-state index contributed by atoms with van der Waals surface area (Å²) in [5.41, 5.74) is 1.16. The van der Waals surface area contributed by atoms with E-state index in [0.717, 1.165) is 37.5 Å². The summed E-state index contributed by atoms with van der Waals surface area (Å²) in [6.07, 6.45) is 2.99. The van der Waals surface area contributed by atoms with Gasteiger partial charge in [-0.25, -0.2) is 9.79 Å². The zero-order valence-corrected chi connectivity index (χ0v) is 17.5. The third-order valence-corrected chi connectivity index (χ3v) is 6.55. The van der Waals surface area contributed by atoms with Gasteiger partial charge in [-0.1, -0.05) is 42.5 Å². The number of imide groups is 1. The third-order valence-electron chi connectivity index (χ3n) is 6.55. The number of carbonyl (C=O) groups is 2. The minimum atomic E-state index is -0.492. The van der Waals surface area contributed by atoms with Crippen molar-refractivity contribution in [1.82, 2.24) is 19.6 Å². The van der Waals surface area contributed by atoms with Gasteiger partial charge in [-0.3, -0.25) is 9.69 Å². The molecule has 3 aliphatic heterocycles. The topological polar surface area (TPSA) is 59.5 Å². The predicted molar refractivity (Wildman–Crippen MR) is 116 cm³/mol. The average molecular weight is 406 g/mol. The van der Waals surface area contributed by atoms with E-state index in [1.165, 1.54) is 22.1 Å². The van der Waals surface area contributed by atoms with Gasteiger partial charge in [-0.15, -0.1) is 0 Å². The van der Waals surface area contributed by atoms with E-state index in [1.54, 1.807) is 19.0 Å². The largest absolute Gasteiger partial charge is 0.343 e. The number of likely N-dealkylation sites (N-methyl/N-ethyl adjacent to an activating group) is 2. The smallest absolute Gasteiger partial charge is 0.328 e. The van der Waals surface area contributed by atoms with Crippen molar-refractivity contribution in [1.29, 1.82) is 0 Å². The zero-order chi connectivity index (χ0) is 20.8. The van der Waals surface area contributed by atoms with Crippen LogP contribution in [0.15, 0.2) is 47.5 Å². The van der Waals surface area contributed by atoms with Gasteiger partial charge in [0.2, 0.25) is 0 Å². The zero-order valence-electron chi connectivity index (χ0n) is 17.5. The second kappa shape index (κ2) is 7.31. The molecule has 30 heavy (non-hydrogen) atoms. The highest BCUT2D eigenvalue weighted by Crippen LogP contribution is 2.32. The van der Waals surface area contributed by atoms with Crippen molar-refractivity contribution in [3.8, 4) is 0 Å². The summed E-state index contributed by atoms with van der Waals surface area (Å²) in [7, 11) is 3.30. The van der Waals surface area contributed by atoms with Crippen molar-refractivity contribution in [2.24, 2.45) is 4.99 Å². The van der Waals surface area contributed by atoms with E-state index in [4.69, 9.17) is 4.99 Å². The van der Waals surface area contributed by atoms with Crippen molar-refractivity contribution < 1.29 is 9.59 Å². The van der Waals surface area contributed by atoms with Crippen molar-refractivity contribution in [3.63, 3.8) is 0 Å². The van der Waals surface area contributed by atoms with Gasteiger partial charge in [0.15, 0.2) is 18.2 Å². The molecule has 3 heterocycles. The van der Waals surface area contributed by atoms with E-state index in [2.05, 4.69) is 40.1 Å². The Labute approximate surface area is 176 Å². The van der Waals surface area contributed by atoms with Crippen molar-refractivity contribution in [2.45, 2.75) is 38.0 Å². The molecule has 7 nitrogen and oxygen atoms in total. The molecule has 3 aliphatic rings. The van der Waals surface area contributed by atoms with Crippen molar-refractivity contribution >= 4 is 28.7 Å². The number of nitrogens with zero attached hydrogens (tertiary/aromatic N) is 5. The van der Waals surface area contributed by atoms with E-state index in [9.17, 15) is 9.59 Å². The number of hydrogen-bond acceptors (Lipinski definition) is 5. The normalized spacial score (nSPS) is 24.5. The molecule has 2 unspecified atom stereocenters. The van der Waals surface area contributed by atoms with Gasteiger partial charge in [0, 0.05) is 33.7 Å². The molecule has 2 aromatic carbocycles. The third kappa shape index (κ3) is 2.91. The number of fused-ring (bicyclic) bond motifs is 2. The molecule has 0 aliphatic carbocycles. The van der Waals surface area contributed by atoms with Crippen LogP contribution in [0.4, 0.5) is 4.79 Å². The van der Waals surface area contributed by atoms with Crippen molar-refractivity contribution in [2.75, 3.05) is 27.2 Å². The van der Waals surface area contributed by atoms with Crippen LogP contribution in [-0.4, -0.2) is 76.9 Å². The van der Waals surface area contributed by atoms with Gasteiger partial charge in [-0.05, 0) is 35.6 Å². The Hall–Kier alpha value is -3.09. The molecule has 7 heteroatoms. The number of urea groups is 1. The van der Waals surface area contributed by atoms with Gasteiger partial charge in [0.05, 0.1) is 0 Å². The lowest BCUT2D eigenvalue weighted by atomic mass is 10.0. The Morgan fingerprint density at radius 3 is 2.50 bits per heavy atom. The molecule has 0 radical (unpaired) electrons. The number of rotatable bonds is 2. The number of amides is 3. The second-order valence-electron chi connectivity index (χ2n) is 8.39. The number of piperidine rings is 1. The van der Waals surface area contributed by atoms with Gasteiger partial charge >= 0.3 is 6.03 Å². The van der Waals surface area contributed by atoms with E-state index in [-0.39, 0.29) is 11.9 Å². The fraction of sp³-hybridized carbons (Fsp3) is 0.435. The van der Waals surface area contributed by atoms with Crippen LogP contribution in [0.2, 0.25) is 0 Å². The molecule has 2 aromatic rings. The van der Waals surface area contributed by atoms with Crippen molar-refractivity contribution in [3.05, 3.63) is 48.0 Å². The first-order chi connectivity index (χ1) is 14.6. The number of hydrogen-bond donors (Lipinski definition) is 0. The molecule has 0 saturated carbocycles. The van der Waals surface area contributed by atoms with Gasteiger partial charge in [0.1, 0.15) is 0 Å². The fourth-order valence-electron chi connectivity index (χ4n) is 4.89. The first-order valence-electron chi connectivity index (χ1n) is 10.7. The minimum absolute atomic E-state index is 0.181. The number of carbonyl (C=O) groups excluding carboxylic acids is 2. The summed E-state index contributed by atoms with van der Waals surface area (Å²) >= 11 is 0. The van der Waals surface area contributed by atoms with Crippen LogP contribution < -0.4 is 0 Å². The fourth-order valence-corrected chi connectivity index (χ4v) is 4.89. The van der Waals surface area contributed by atoms with Crippen LogP contribution >= 0.6 is 0 Å². The Balaban J connectivity index is 1.56. The Morgan fingerprint density at radius 2 is 1.70 bits per heavy atom. The van der Waals surface area contributed by atoms with Gasteiger partial charge < -0.3 is 14.7 Å². The Morgan fingerprint density at radius 1 is 0.967 bits per heavy atom. The molecule has 5 rings (SSSR count). The van der Waals surface area contributed by atoms with Crippen LogP contribution in [0, 0.1) is 0 Å². The standard InChI is InChI=1S/C23H27N5O2/c1-25-20-19(21(29)26(2)23(25)30)28(22(24-20)27-13-6-3-7-14-27)15-17-11-8-10-16-9-4-5-12-18(16)17/h4-5,8-12,19-20H,3,6-7,13-15H2,1-2H3. The summed E-state index contributed by atoms with van der Waals surface area (Å²) in [4.78, 5) is 37.9. The summed E-state index contributed by atoms with van der Waals surface area (Å²) in [6.45, 7) is 2.46. The molecule has 156 valence electrons. The molecular formula is C23H27N5O2. The van der Waals surface area contributed by atoms with Crippen LogP contribution in [0.5, 0.6) is 0 Å². The first-order valence-corrected chi connectivity index (χ1v) is 10.7. The highest BCUT2D eigenvalue weighted by Gasteiger charge is 2.52. The van der Waals surface area contributed by atoms with Crippen LogP contribution in [-0.2, 0) is 11.3 Å². The summed E-state index contributed by atoms with van der Waals surface area (Å²) in [5.74, 6) is 0.667. The van der Waals surface area contributed by atoms with Gasteiger partial charge in [0.25, 0.3) is 5.91 Å². The van der Waals surface area contributed by atoms with E-state index < -0.39 is 12.2 Å². The molecule has 2 atom stereocenters. The molecule has 3 amide bonds. The number of guanidine groups is 1. The number of aliphatic imine (C=N–C) groups is 1. The Bertz CT molecular complexity index is 1020. The number of likely N-dealkylation sites (tertiary alicyclic amines) is 1. The highest BCUT2D eigenvalue weighted by atomic mass is 16.2. The molecule has 0 spiro atoms. The molecular weight excluding hydrogens is 378 g/mol.